The first-order valence-corrected chi connectivity index (χ1v) is 5.99. The average molecular weight is 235 g/mol. The molecule has 0 aliphatic heterocycles. The molecule has 0 amide bonds. The van der Waals surface area contributed by atoms with Crippen LogP contribution in [0.25, 0.3) is 11.3 Å². The first-order valence-electron chi connectivity index (χ1n) is 5.46. The molecule has 2 aromatic rings. The Kier molecular flexibility index (Phi) is 3.62. The standard InChI is InChI=1S/C13H15ClN2/c1-11-13(12-6-3-2-4-7-12)15-10-16(11)9-5-8-14/h2-4,6-7,10H,5,8-9H2,1H3. The van der Waals surface area contributed by atoms with E-state index in [2.05, 4.69) is 28.6 Å². The molecule has 0 spiro atoms. The highest BCUT2D eigenvalue weighted by Gasteiger charge is 2.07. The molecule has 1 aromatic carbocycles. The molecule has 3 heteroatoms. The molecule has 0 aliphatic rings. The van der Waals surface area contributed by atoms with Gasteiger partial charge in [-0.15, -0.1) is 11.6 Å². The van der Waals surface area contributed by atoms with Gasteiger partial charge in [-0.1, -0.05) is 30.3 Å². The van der Waals surface area contributed by atoms with E-state index in [0.717, 1.165) is 18.7 Å². The second-order valence-corrected chi connectivity index (χ2v) is 4.16. The predicted octanol–water partition coefficient (Wildman–Crippen LogP) is 3.49. The van der Waals surface area contributed by atoms with E-state index in [9.17, 15) is 0 Å². The molecule has 1 heterocycles. The van der Waals surface area contributed by atoms with Gasteiger partial charge in [0.1, 0.15) is 0 Å². The van der Waals surface area contributed by atoms with Crippen molar-refractivity contribution in [3.8, 4) is 11.3 Å². The number of hydrogen-bond donors (Lipinski definition) is 0. The Balaban J connectivity index is 2.27. The molecule has 0 aliphatic carbocycles. The quantitative estimate of drug-likeness (QED) is 0.741. The molecular weight excluding hydrogens is 220 g/mol. The van der Waals surface area contributed by atoms with Gasteiger partial charge in [0, 0.05) is 23.7 Å². The summed E-state index contributed by atoms with van der Waals surface area (Å²) in [5, 5.41) is 0. The van der Waals surface area contributed by atoms with E-state index in [1.165, 1.54) is 11.3 Å². The smallest absolute Gasteiger partial charge is 0.0955 e. The topological polar surface area (TPSA) is 17.8 Å². The average Bonchev–Trinajstić information content (AvgIpc) is 2.69. The van der Waals surface area contributed by atoms with E-state index in [4.69, 9.17) is 11.6 Å². The summed E-state index contributed by atoms with van der Waals surface area (Å²) in [4.78, 5) is 4.46. The molecule has 0 saturated carbocycles. The van der Waals surface area contributed by atoms with E-state index in [0.29, 0.717) is 5.88 Å². The first kappa shape index (κ1) is 11.2. The van der Waals surface area contributed by atoms with Gasteiger partial charge in [-0.3, -0.25) is 0 Å². The Bertz CT molecular complexity index is 448. The maximum absolute atomic E-state index is 5.69. The number of imidazole rings is 1. The lowest BCUT2D eigenvalue weighted by Gasteiger charge is -2.04. The Morgan fingerprint density at radius 3 is 2.69 bits per heavy atom. The summed E-state index contributed by atoms with van der Waals surface area (Å²) in [6.07, 6.45) is 2.87. The van der Waals surface area contributed by atoms with Crippen LogP contribution in [-0.2, 0) is 6.54 Å². The Hall–Kier alpha value is -1.28. The van der Waals surface area contributed by atoms with Crippen molar-refractivity contribution in [2.75, 3.05) is 5.88 Å². The largest absolute Gasteiger partial charge is 0.334 e. The van der Waals surface area contributed by atoms with E-state index >= 15 is 0 Å². The van der Waals surface area contributed by atoms with Gasteiger partial charge in [0.05, 0.1) is 12.0 Å². The van der Waals surface area contributed by atoms with Crippen LogP contribution >= 0.6 is 11.6 Å². The lowest BCUT2D eigenvalue weighted by atomic mass is 10.1. The van der Waals surface area contributed by atoms with Crippen molar-refractivity contribution in [1.29, 1.82) is 0 Å². The van der Waals surface area contributed by atoms with E-state index in [-0.39, 0.29) is 0 Å². The summed E-state index contributed by atoms with van der Waals surface area (Å²) in [5.41, 5.74) is 3.44. The second-order valence-electron chi connectivity index (χ2n) is 3.78. The Morgan fingerprint density at radius 1 is 1.25 bits per heavy atom. The summed E-state index contributed by atoms with van der Waals surface area (Å²) in [7, 11) is 0. The number of benzene rings is 1. The van der Waals surface area contributed by atoms with Gasteiger partial charge >= 0.3 is 0 Å². The van der Waals surface area contributed by atoms with Crippen molar-refractivity contribution in [2.45, 2.75) is 19.9 Å². The molecule has 1 aromatic heterocycles. The van der Waals surface area contributed by atoms with E-state index in [1.807, 2.05) is 24.5 Å². The number of hydrogen-bond acceptors (Lipinski definition) is 1. The van der Waals surface area contributed by atoms with Crippen LogP contribution in [0.2, 0.25) is 0 Å². The molecule has 0 fully saturated rings. The summed E-state index contributed by atoms with van der Waals surface area (Å²) < 4.78 is 2.16. The zero-order valence-electron chi connectivity index (χ0n) is 9.36. The van der Waals surface area contributed by atoms with Crippen LogP contribution in [0.5, 0.6) is 0 Å². The summed E-state index contributed by atoms with van der Waals surface area (Å²) >= 11 is 5.69. The molecule has 2 nitrogen and oxygen atoms in total. The Labute approximate surface area is 101 Å². The zero-order chi connectivity index (χ0) is 11.4. The molecule has 0 radical (unpaired) electrons. The van der Waals surface area contributed by atoms with Gasteiger partial charge in [0.15, 0.2) is 0 Å². The minimum absolute atomic E-state index is 0.693. The van der Waals surface area contributed by atoms with Gasteiger partial charge < -0.3 is 4.57 Å². The van der Waals surface area contributed by atoms with Crippen molar-refractivity contribution < 1.29 is 0 Å². The van der Waals surface area contributed by atoms with Crippen LogP contribution in [0.15, 0.2) is 36.7 Å². The third-order valence-corrected chi connectivity index (χ3v) is 2.95. The maximum atomic E-state index is 5.69. The van der Waals surface area contributed by atoms with Gasteiger partial charge in [-0.2, -0.15) is 0 Å². The number of aryl methyl sites for hydroxylation is 1. The molecule has 0 atom stereocenters. The molecular formula is C13H15ClN2. The fraction of sp³-hybridized carbons (Fsp3) is 0.308. The van der Waals surface area contributed by atoms with E-state index < -0.39 is 0 Å². The Morgan fingerprint density at radius 2 is 2.00 bits per heavy atom. The summed E-state index contributed by atoms with van der Waals surface area (Å²) in [5.74, 6) is 0.693. The van der Waals surface area contributed by atoms with Gasteiger partial charge in [0.2, 0.25) is 0 Å². The summed E-state index contributed by atoms with van der Waals surface area (Å²) in [6.45, 7) is 3.04. The maximum Gasteiger partial charge on any atom is 0.0955 e. The second kappa shape index (κ2) is 5.17. The highest BCUT2D eigenvalue weighted by Crippen LogP contribution is 2.21. The number of alkyl halides is 1. The fourth-order valence-electron chi connectivity index (χ4n) is 1.78. The third-order valence-electron chi connectivity index (χ3n) is 2.68. The van der Waals surface area contributed by atoms with Crippen molar-refractivity contribution in [2.24, 2.45) is 0 Å². The third kappa shape index (κ3) is 2.27. The number of aromatic nitrogens is 2. The highest BCUT2D eigenvalue weighted by molar-refractivity contribution is 6.17. The van der Waals surface area contributed by atoms with Crippen LogP contribution < -0.4 is 0 Å². The number of nitrogens with zero attached hydrogens (tertiary/aromatic N) is 2. The van der Waals surface area contributed by atoms with Crippen LogP contribution in [-0.4, -0.2) is 15.4 Å². The lowest BCUT2D eigenvalue weighted by Crippen LogP contribution is -1.99. The minimum Gasteiger partial charge on any atom is -0.334 e. The van der Waals surface area contributed by atoms with Crippen LogP contribution in [0.1, 0.15) is 12.1 Å². The minimum atomic E-state index is 0.693. The molecule has 84 valence electrons. The zero-order valence-corrected chi connectivity index (χ0v) is 10.1. The van der Waals surface area contributed by atoms with Crippen molar-refractivity contribution >= 4 is 11.6 Å². The van der Waals surface area contributed by atoms with Gasteiger partial charge in [0.25, 0.3) is 0 Å². The van der Waals surface area contributed by atoms with Crippen molar-refractivity contribution in [3.63, 3.8) is 0 Å². The first-order chi connectivity index (χ1) is 7.83. The van der Waals surface area contributed by atoms with Gasteiger partial charge in [-0.25, -0.2) is 4.98 Å². The molecule has 16 heavy (non-hydrogen) atoms. The monoisotopic (exact) mass is 234 g/mol. The van der Waals surface area contributed by atoms with Crippen LogP contribution in [0.4, 0.5) is 0 Å². The van der Waals surface area contributed by atoms with Crippen LogP contribution in [0.3, 0.4) is 0 Å². The number of halogens is 1. The summed E-state index contributed by atoms with van der Waals surface area (Å²) in [6, 6.07) is 10.3. The van der Waals surface area contributed by atoms with Crippen molar-refractivity contribution in [1.82, 2.24) is 9.55 Å². The fourth-order valence-corrected chi connectivity index (χ4v) is 1.90. The molecule has 0 bridgehead atoms. The van der Waals surface area contributed by atoms with Gasteiger partial charge in [-0.05, 0) is 13.3 Å². The lowest BCUT2D eigenvalue weighted by molar-refractivity contribution is 0.665. The molecule has 2 rings (SSSR count). The number of rotatable bonds is 4. The SMILES string of the molecule is Cc1c(-c2ccccc2)ncn1CCCCl. The molecule has 0 N–H and O–H groups in total. The molecule has 0 unspecified atom stereocenters. The van der Waals surface area contributed by atoms with Crippen molar-refractivity contribution in [3.05, 3.63) is 42.4 Å². The normalized spacial score (nSPS) is 10.6. The van der Waals surface area contributed by atoms with E-state index in [1.54, 1.807) is 0 Å². The predicted molar refractivity (Wildman–Crippen MR) is 67.7 cm³/mol. The van der Waals surface area contributed by atoms with Crippen LogP contribution in [0, 0.1) is 6.92 Å². The highest BCUT2D eigenvalue weighted by atomic mass is 35.5. The molecule has 0 saturated heterocycles.